The van der Waals surface area contributed by atoms with Gasteiger partial charge in [-0.3, -0.25) is 0 Å². The van der Waals surface area contributed by atoms with Gasteiger partial charge in [-0.15, -0.1) is 0 Å². The lowest BCUT2D eigenvalue weighted by molar-refractivity contribution is 0.543. The molecule has 3 nitrogen and oxygen atoms in total. The van der Waals surface area contributed by atoms with Crippen molar-refractivity contribution in [2.45, 2.75) is 40.3 Å². The van der Waals surface area contributed by atoms with Crippen LogP contribution in [0.2, 0.25) is 5.02 Å². The van der Waals surface area contributed by atoms with Crippen molar-refractivity contribution in [2.75, 3.05) is 0 Å². The lowest BCUT2D eigenvalue weighted by Crippen LogP contribution is -2.22. The molecule has 0 bridgehead atoms. The van der Waals surface area contributed by atoms with E-state index in [1.54, 1.807) is 13.8 Å². The summed E-state index contributed by atoms with van der Waals surface area (Å²) in [6, 6.07) is 2.88. The van der Waals surface area contributed by atoms with E-state index in [2.05, 4.69) is 10.4 Å². The minimum absolute atomic E-state index is 0.198. The summed E-state index contributed by atoms with van der Waals surface area (Å²) in [5.74, 6) is -1.31. The average molecular weight is 314 g/mol. The van der Waals surface area contributed by atoms with Gasteiger partial charge in [-0.2, -0.15) is 5.10 Å². The number of nitrogens with one attached hydrogen (secondary N) is 1. The number of benzene rings is 1. The molecule has 0 aliphatic carbocycles. The van der Waals surface area contributed by atoms with Crippen molar-refractivity contribution in [3.8, 4) is 5.69 Å². The minimum Gasteiger partial charge on any atom is -0.310 e. The summed E-state index contributed by atoms with van der Waals surface area (Å²) < 4.78 is 29.8. The van der Waals surface area contributed by atoms with E-state index >= 15 is 0 Å². The number of rotatable bonds is 4. The fourth-order valence-corrected chi connectivity index (χ4v) is 2.20. The normalized spacial score (nSPS) is 11.4. The summed E-state index contributed by atoms with van der Waals surface area (Å²) in [6.45, 7) is 7.72. The fraction of sp³-hybridized carbons (Fsp3) is 0.400. The van der Waals surface area contributed by atoms with E-state index in [4.69, 9.17) is 11.6 Å². The van der Waals surface area contributed by atoms with Crippen molar-refractivity contribution in [3.63, 3.8) is 0 Å². The summed E-state index contributed by atoms with van der Waals surface area (Å²) in [5.41, 5.74) is 1.41. The fourth-order valence-electron chi connectivity index (χ4n) is 2.09. The van der Waals surface area contributed by atoms with E-state index in [1.165, 1.54) is 16.8 Å². The monoisotopic (exact) mass is 313 g/mol. The predicted octanol–water partition coefficient (Wildman–Crippen LogP) is 3.92. The molecule has 1 aromatic heterocycles. The number of nitrogens with zero attached hydrogens (tertiary/aromatic N) is 2. The number of aryl methyl sites for hydroxylation is 1. The highest BCUT2D eigenvalue weighted by Gasteiger charge is 2.18. The molecule has 0 fully saturated rings. The van der Waals surface area contributed by atoms with Gasteiger partial charge in [0.1, 0.15) is 5.69 Å². The molecule has 6 heteroatoms. The Hall–Kier alpha value is -1.46. The first-order valence-corrected chi connectivity index (χ1v) is 7.12. The first-order chi connectivity index (χ1) is 9.81. The highest BCUT2D eigenvalue weighted by molar-refractivity contribution is 6.31. The smallest absolute Gasteiger partial charge is 0.152 e. The van der Waals surface area contributed by atoms with E-state index in [1.807, 2.05) is 13.8 Å². The molecular formula is C15H18ClF2N3. The maximum Gasteiger partial charge on any atom is 0.152 e. The minimum atomic E-state index is -0.655. The molecule has 2 rings (SSSR count). The maximum atomic E-state index is 14.3. The summed E-state index contributed by atoms with van der Waals surface area (Å²) in [5, 5.41) is 7.63. The highest BCUT2D eigenvalue weighted by Crippen LogP contribution is 2.26. The third-order valence-corrected chi connectivity index (χ3v) is 3.75. The summed E-state index contributed by atoms with van der Waals surface area (Å²) in [6.07, 6.45) is 0. The molecule has 2 aromatic rings. The van der Waals surface area contributed by atoms with Gasteiger partial charge >= 0.3 is 0 Å². The third-order valence-electron chi connectivity index (χ3n) is 3.21. The van der Waals surface area contributed by atoms with Gasteiger partial charge in [-0.05, 0) is 31.5 Å². The highest BCUT2D eigenvalue weighted by atomic mass is 35.5. The molecular weight excluding hydrogens is 296 g/mol. The molecule has 1 heterocycles. The second-order valence-electron chi connectivity index (χ2n) is 5.34. The Balaban J connectivity index is 2.43. The Morgan fingerprint density at radius 3 is 2.24 bits per heavy atom. The molecule has 0 radical (unpaired) electrons. The van der Waals surface area contributed by atoms with Crippen LogP contribution in [0.3, 0.4) is 0 Å². The predicted molar refractivity (Wildman–Crippen MR) is 79.9 cm³/mol. The molecule has 1 N–H and O–H groups in total. The van der Waals surface area contributed by atoms with Crippen LogP contribution < -0.4 is 5.32 Å². The van der Waals surface area contributed by atoms with Crippen molar-refractivity contribution in [3.05, 3.63) is 45.7 Å². The summed E-state index contributed by atoms with van der Waals surface area (Å²) in [7, 11) is 0. The van der Waals surface area contributed by atoms with Crippen molar-refractivity contribution in [1.29, 1.82) is 0 Å². The molecule has 21 heavy (non-hydrogen) atoms. The van der Waals surface area contributed by atoms with Crippen LogP contribution in [0.4, 0.5) is 8.78 Å². The molecule has 0 spiro atoms. The zero-order chi connectivity index (χ0) is 15.7. The van der Waals surface area contributed by atoms with Crippen LogP contribution in [-0.4, -0.2) is 15.8 Å². The van der Waals surface area contributed by atoms with Crippen molar-refractivity contribution < 1.29 is 8.78 Å². The quantitative estimate of drug-likeness (QED) is 0.927. The van der Waals surface area contributed by atoms with Gasteiger partial charge in [-0.1, -0.05) is 25.4 Å². The van der Waals surface area contributed by atoms with Gasteiger partial charge < -0.3 is 5.32 Å². The van der Waals surface area contributed by atoms with Gasteiger partial charge in [-0.25, -0.2) is 13.5 Å². The van der Waals surface area contributed by atoms with Crippen molar-refractivity contribution in [2.24, 2.45) is 0 Å². The molecule has 114 valence electrons. The van der Waals surface area contributed by atoms with Crippen LogP contribution in [0.15, 0.2) is 12.1 Å². The van der Waals surface area contributed by atoms with Crippen LogP contribution >= 0.6 is 11.6 Å². The van der Waals surface area contributed by atoms with Crippen LogP contribution in [-0.2, 0) is 6.54 Å². The van der Waals surface area contributed by atoms with Crippen molar-refractivity contribution >= 4 is 11.6 Å². The molecule has 0 unspecified atom stereocenters. The standard InChI is InChI=1S/C15H18ClF2N3/c1-8(2)19-7-11-5-12(17)15(13(18)6-11)21-10(4)14(16)9(3)20-21/h5-6,8,19H,7H2,1-4H3. The number of hydrogen-bond acceptors (Lipinski definition) is 2. The van der Waals surface area contributed by atoms with Gasteiger partial charge in [0.25, 0.3) is 0 Å². The first-order valence-electron chi connectivity index (χ1n) is 6.74. The number of aromatic nitrogens is 2. The largest absolute Gasteiger partial charge is 0.310 e. The van der Waals surface area contributed by atoms with Crippen LogP contribution in [0.5, 0.6) is 0 Å². The van der Waals surface area contributed by atoms with Crippen molar-refractivity contribution in [1.82, 2.24) is 15.1 Å². The summed E-state index contributed by atoms with van der Waals surface area (Å²) in [4.78, 5) is 0. The lowest BCUT2D eigenvalue weighted by atomic mass is 10.1. The Morgan fingerprint density at radius 1 is 1.24 bits per heavy atom. The molecule has 0 aliphatic heterocycles. The van der Waals surface area contributed by atoms with E-state index in [-0.39, 0.29) is 11.7 Å². The Bertz CT molecular complexity index is 642. The molecule has 0 saturated carbocycles. The van der Waals surface area contributed by atoms with Crippen LogP contribution in [0.1, 0.15) is 30.8 Å². The molecule has 0 atom stereocenters. The molecule has 0 saturated heterocycles. The Morgan fingerprint density at radius 2 is 1.81 bits per heavy atom. The number of hydrogen-bond donors (Lipinski definition) is 1. The lowest BCUT2D eigenvalue weighted by Gasteiger charge is -2.12. The van der Waals surface area contributed by atoms with Gasteiger partial charge in [0.2, 0.25) is 0 Å². The van der Waals surface area contributed by atoms with Gasteiger partial charge in [0, 0.05) is 12.6 Å². The molecule has 1 aromatic carbocycles. The zero-order valence-electron chi connectivity index (χ0n) is 12.5. The second-order valence-corrected chi connectivity index (χ2v) is 5.72. The summed E-state index contributed by atoms with van der Waals surface area (Å²) >= 11 is 6.03. The average Bonchev–Trinajstić information content (AvgIpc) is 2.64. The second kappa shape index (κ2) is 6.12. The third kappa shape index (κ3) is 3.24. The Kier molecular flexibility index (Phi) is 4.64. The van der Waals surface area contributed by atoms with Gasteiger partial charge in [0.05, 0.1) is 16.4 Å². The van der Waals surface area contributed by atoms with Gasteiger partial charge in [0.15, 0.2) is 11.6 Å². The topological polar surface area (TPSA) is 29.9 Å². The zero-order valence-corrected chi connectivity index (χ0v) is 13.2. The maximum absolute atomic E-state index is 14.3. The molecule has 0 aliphatic rings. The van der Waals surface area contributed by atoms with E-state index in [0.29, 0.717) is 28.5 Å². The Labute approximate surface area is 127 Å². The number of halogens is 3. The SMILES string of the molecule is Cc1nn(-c2c(F)cc(CNC(C)C)cc2F)c(C)c1Cl. The van der Waals surface area contributed by atoms with Crippen LogP contribution in [0.25, 0.3) is 5.69 Å². The van der Waals surface area contributed by atoms with E-state index < -0.39 is 11.6 Å². The first kappa shape index (κ1) is 15.9. The van der Waals surface area contributed by atoms with E-state index in [0.717, 1.165) is 0 Å². The van der Waals surface area contributed by atoms with E-state index in [9.17, 15) is 8.78 Å². The molecule has 0 amide bonds. The van der Waals surface area contributed by atoms with Crippen LogP contribution in [0, 0.1) is 25.5 Å².